The molecule has 0 spiro atoms. The number of fused-ring (bicyclic) bond motifs is 1. The number of sulfonamides is 1. The Labute approximate surface area is 195 Å². The molecule has 3 aliphatic rings. The second kappa shape index (κ2) is 8.91. The lowest BCUT2D eigenvalue weighted by Crippen LogP contribution is -2.36. The number of amides is 2. The zero-order valence-corrected chi connectivity index (χ0v) is 19.5. The van der Waals surface area contributed by atoms with E-state index in [9.17, 15) is 18.0 Å². The van der Waals surface area contributed by atoms with E-state index in [0.717, 1.165) is 55.5 Å². The van der Waals surface area contributed by atoms with Crippen molar-refractivity contribution in [2.75, 3.05) is 31.1 Å². The molecule has 0 unspecified atom stereocenters. The number of benzene rings is 2. The molecule has 5 rings (SSSR count). The highest BCUT2D eigenvalue weighted by molar-refractivity contribution is 7.89. The number of carbonyl (C=O) groups excluding carboxylic acids is 2. The van der Waals surface area contributed by atoms with E-state index in [1.54, 1.807) is 27.4 Å². The van der Waals surface area contributed by atoms with Crippen molar-refractivity contribution in [1.82, 2.24) is 9.21 Å². The van der Waals surface area contributed by atoms with Crippen molar-refractivity contribution in [2.45, 2.75) is 50.0 Å². The van der Waals surface area contributed by atoms with E-state index >= 15 is 0 Å². The number of hydrogen-bond donors (Lipinski definition) is 0. The van der Waals surface area contributed by atoms with Gasteiger partial charge in [0.15, 0.2) is 0 Å². The average molecular weight is 468 g/mol. The van der Waals surface area contributed by atoms with E-state index in [2.05, 4.69) is 0 Å². The van der Waals surface area contributed by atoms with E-state index in [1.807, 2.05) is 29.2 Å². The fraction of sp³-hybridized carbons (Fsp3) is 0.440. The molecule has 8 heteroatoms. The largest absolute Gasteiger partial charge is 0.338 e. The van der Waals surface area contributed by atoms with Crippen LogP contribution in [0, 0.1) is 0 Å². The summed E-state index contributed by atoms with van der Waals surface area (Å²) in [6, 6.07) is 12.6. The van der Waals surface area contributed by atoms with Crippen molar-refractivity contribution >= 4 is 27.5 Å². The molecule has 0 aromatic heterocycles. The summed E-state index contributed by atoms with van der Waals surface area (Å²) < 4.78 is 27.5. The average Bonchev–Trinajstić information content (AvgIpc) is 3.51. The predicted molar refractivity (Wildman–Crippen MR) is 126 cm³/mol. The van der Waals surface area contributed by atoms with E-state index < -0.39 is 10.0 Å². The van der Waals surface area contributed by atoms with E-state index in [0.29, 0.717) is 43.1 Å². The third-order valence-corrected chi connectivity index (χ3v) is 8.76. The maximum atomic E-state index is 13.3. The van der Waals surface area contributed by atoms with Gasteiger partial charge in [0.25, 0.3) is 5.91 Å². The molecule has 3 aliphatic heterocycles. The molecule has 2 aromatic carbocycles. The zero-order valence-electron chi connectivity index (χ0n) is 18.7. The number of rotatable bonds is 5. The van der Waals surface area contributed by atoms with Crippen LogP contribution in [0.25, 0.3) is 0 Å². The van der Waals surface area contributed by atoms with Gasteiger partial charge in [-0.1, -0.05) is 12.1 Å². The van der Waals surface area contributed by atoms with Crippen LogP contribution in [0.15, 0.2) is 47.4 Å². The second-order valence-electron chi connectivity index (χ2n) is 9.08. The van der Waals surface area contributed by atoms with Crippen LogP contribution in [0.5, 0.6) is 0 Å². The molecule has 0 N–H and O–H groups in total. The minimum atomic E-state index is -3.48. The number of likely N-dealkylation sites (tertiary alicyclic amines) is 1. The van der Waals surface area contributed by atoms with Crippen LogP contribution in [0.4, 0.5) is 5.69 Å². The molecule has 0 radical (unpaired) electrons. The number of carbonyl (C=O) groups is 2. The number of anilines is 1. The van der Waals surface area contributed by atoms with Crippen molar-refractivity contribution in [3.63, 3.8) is 0 Å². The number of nitrogens with zero attached hydrogens (tertiary/aromatic N) is 3. The molecular formula is C25H29N3O4S. The SMILES string of the molecule is O=C1CCCN1Cc1ccc(C(=O)N2CCCc3cc(S(=O)(=O)N4CCCC4)ccc32)cc1. The highest BCUT2D eigenvalue weighted by atomic mass is 32.2. The second-order valence-corrected chi connectivity index (χ2v) is 11.0. The summed E-state index contributed by atoms with van der Waals surface area (Å²) in [6.45, 7) is 3.12. The van der Waals surface area contributed by atoms with Crippen LogP contribution < -0.4 is 4.90 Å². The van der Waals surface area contributed by atoms with Gasteiger partial charge >= 0.3 is 0 Å². The van der Waals surface area contributed by atoms with Gasteiger partial charge in [-0.2, -0.15) is 4.31 Å². The zero-order chi connectivity index (χ0) is 23.0. The molecule has 0 atom stereocenters. The molecule has 2 fully saturated rings. The number of aryl methyl sites for hydroxylation is 1. The fourth-order valence-electron chi connectivity index (χ4n) is 5.02. The van der Waals surface area contributed by atoms with Crippen LogP contribution in [0.2, 0.25) is 0 Å². The topological polar surface area (TPSA) is 78.0 Å². The Morgan fingerprint density at radius 1 is 0.848 bits per heavy atom. The summed E-state index contributed by atoms with van der Waals surface area (Å²) >= 11 is 0. The molecule has 33 heavy (non-hydrogen) atoms. The Bertz CT molecular complexity index is 1170. The highest BCUT2D eigenvalue weighted by Crippen LogP contribution is 2.32. The summed E-state index contributed by atoms with van der Waals surface area (Å²) in [5.74, 6) is 0.0982. The van der Waals surface area contributed by atoms with Gasteiger partial charge in [-0.3, -0.25) is 9.59 Å². The molecule has 3 heterocycles. The smallest absolute Gasteiger partial charge is 0.258 e. The van der Waals surface area contributed by atoms with Crippen LogP contribution in [0.1, 0.15) is 53.6 Å². The summed E-state index contributed by atoms with van der Waals surface area (Å²) in [5.41, 5.74) is 3.29. The van der Waals surface area contributed by atoms with Gasteiger partial charge in [-0.15, -0.1) is 0 Å². The first-order chi connectivity index (χ1) is 15.9. The Kier molecular flexibility index (Phi) is 5.97. The lowest BCUT2D eigenvalue weighted by atomic mass is 10.0. The summed E-state index contributed by atoms with van der Waals surface area (Å²) in [4.78, 5) is 29.1. The third kappa shape index (κ3) is 4.29. The first kappa shape index (κ1) is 22.1. The van der Waals surface area contributed by atoms with Gasteiger partial charge in [-0.05, 0) is 73.6 Å². The monoisotopic (exact) mass is 467 g/mol. The summed E-state index contributed by atoms with van der Waals surface area (Å²) in [7, 11) is -3.48. The first-order valence-electron chi connectivity index (χ1n) is 11.8. The third-order valence-electron chi connectivity index (χ3n) is 6.86. The Morgan fingerprint density at radius 2 is 1.58 bits per heavy atom. The van der Waals surface area contributed by atoms with Gasteiger partial charge in [0, 0.05) is 50.4 Å². The van der Waals surface area contributed by atoms with Gasteiger partial charge in [-0.25, -0.2) is 8.42 Å². The minimum absolute atomic E-state index is 0.0881. The molecular weight excluding hydrogens is 438 g/mol. The van der Waals surface area contributed by atoms with Crippen molar-refractivity contribution in [3.8, 4) is 0 Å². The summed E-state index contributed by atoms with van der Waals surface area (Å²) in [6.07, 6.45) is 4.88. The van der Waals surface area contributed by atoms with Crippen LogP contribution >= 0.6 is 0 Å². The molecule has 7 nitrogen and oxygen atoms in total. The van der Waals surface area contributed by atoms with Crippen LogP contribution in [-0.4, -0.2) is 55.6 Å². The predicted octanol–water partition coefficient (Wildman–Crippen LogP) is 3.19. The lowest BCUT2D eigenvalue weighted by Gasteiger charge is -2.30. The molecule has 0 bridgehead atoms. The molecule has 0 aliphatic carbocycles. The minimum Gasteiger partial charge on any atom is -0.338 e. The summed E-state index contributed by atoms with van der Waals surface area (Å²) in [5, 5.41) is 0. The Hall–Kier alpha value is -2.71. The lowest BCUT2D eigenvalue weighted by molar-refractivity contribution is -0.128. The molecule has 0 saturated carbocycles. The maximum Gasteiger partial charge on any atom is 0.258 e. The van der Waals surface area contributed by atoms with Crippen molar-refractivity contribution in [1.29, 1.82) is 0 Å². The van der Waals surface area contributed by atoms with E-state index in [4.69, 9.17) is 0 Å². The van der Waals surface area contributed by atoms with Gasteiger partial charge < -0.3 is 9.80 Å². The highest BCUT2D eigenvalue weighted by Gasteiger charge is 2.30. The van der Waals surface area contributed by atoms with Crippen LogP contribution in [-0.2, 0) is 27.8 Å². The van der Waals surface area contributed by atoms with E-state index in [-0.39, 0.29) is 11.8 Å². The van der Waals surface area contributed by atoms with E-state index in [1.165, 1.54) is 0 Å². The van der Waals surface area contributed by atoms with Gasteiger partial charge in [0.1, 0.15) is 0 Å². The Morgan fingerprint density at radius 3 is 2.27 bits per heavy atom. The molecule has 2 saturated heterocycles. The molecule has 2 amide bonds. The fourth-order valence-corrected chi connectivity index (χ4v) is 6.59. The van der Waals surface area contributed by atoms with Crippen molar-refractivity contribution in [3.05, 3.63) is 59.2 Å². The quantitative estimate of drug-likeness (QED) is 0.677. The molecule has 2 aromatic rings. The van der Waals surface area contributed by atoms with Gasteiger partial charge in [0.2, 0.25) is 15.9 Å². The normalized spacial score (nSPS) is 19.2. The van der Waals surface area contributed by atoms with Gasteiger partial charge in [0.05, 0.1) is 4.90 Å². The van der Waals surface area contributed by atoms with Crippen molar-refractivity contribution < 1.29 is 18.0 Å². The first-order valence-corrected chi connectivity index (χ1v) is 13.2. The number of hydrogen-bond acceptors (Lipinski definition) is 4. The van der Waals surface area contributed by atoms with Crippen molar-refractivity contribution in [2.24, 2.45) is 0 Å². The maximum absolute atomic E-state index is 13.3. The standard InChI is InChI=1S/C25H29N3O4S/c29-24-6-4-13-26(24)18-19-7-9-20(10-8-19)25(30)28-16-3-5-21-17-22(11-12-23(21)28)33(31,32)27-14-1-2-15-27/h7-12,17H,1-6,13-16,18H2. The molecule has 174 valence electrons. The van der Waals surface area contributed by atoms with Crippen LogP contribution in [0.3, 0.4) is 0 Å². The Balaban J connectivity index is 1.34.